The average molecular weight is 261 g/mol. The van der Waals surface area contributed by atoms with Gasteiger partial charge in [0.25, 0.3) is 0 Å². The fourth-order valence-electron chi connectivity index (χ4n) is 1.52. The van der Waals surface area contributed by atoms with Gasteiger partial charge in [0.1, 0.15) is 10.8 Å². The SMILES string of the molecule is O=C1CCC(CNc2nc(Cl)ncc2Cl)N1. The summed E-state index contributed by atoms with van der Waals surface area (Å²) < 4.78 is 0. The normalized spacial score (nSPS) is 19.6. The van der Waals surface area contributed by atoms with Crippen molar-refractivity contribution in [3.63, 3.8) is 0 Å². The van der Waals surface area contributed by atoms with E-state index >= 15 is 0 Å². The highest BCUT2D eigenvalue weighted by Gasteiger charge is 2.20. The van der Waals surface area contributed by atoms with E-state index in [1.807, 2.05) is 0 Å². The van der Waals surface area contributed by atoms with Crippen LogP contribution in [0, 0.1) is 0 Å². The summed E-state index contributed by atoms with van der Waals surface area (Å²) in [6, 6.07) is 0.123. The van der Waals surface area contributed by atoms with Crippen molar-refractivity contribution in [2.24, 2.45) is 0 Å². The number of hydrogen-bond donors (Lipinski definition) is 2. The second kappa shape index (κ2) is 4.84. The summed E-state index contributed by atoms with van der Waals surface area (Å²) in [5.74, 6) is 0.571. The molecule has 1 fully saturated rings. The van der Waals surface area contributed by atoms with Crippen molar-refractivity contribution >= 4 is 34.9 Å². The Kier molecular flexibility index (Phi) is 3.46. The molecule has 2 heterocycles. The van der Waals surface area contributed by atoms with Crippen LogP contribution >= 0.6 is 23.2 Å². The Morgan fingerprint density at radius 1 is 1.56 bits per heavy atom. The van der Waals surface area contributed by atoms with E-state index < -0.39 is 0 Å². The van der Waals surface area contributed by atoms with Crippen LogP contribution in [-0.4, -0.2) is 28.5 Å². The smallest absolute Gasteiger partial charge is 0.224 e. The first-order valence-electron chi connectivity index (χ1n) is 4.86. The summed E-state index contributed by atoms with van der Waals surface area (Å²) in [4.78, 5) is 18.7. The highest BCUT2D eigenvalue weighted by atomic mass is 35.5. The van der Waals surface area contributed by atoms with Crippen LogP contribution in [0.3, 0.4) is 0 Å². The number of nitrogens with one attached hydrogen (secondary N) is 2. The van der Waals surface area contributed by atoms with Gasteiger partial charge < -0.3 is 10.6 Å². The van der Waals surface area contributed by atoms with Crippen molar-refractivity contribution in [2.45, 2.75) is 18.9 Å². The van der Waals surface area contributed by atoms with Gasteiger partial charge in [-0.15, -0.1) is 0 Å². The van der Waals surface area contributed by atoms with Crippen molar-refractivity contribution < 1.29 is 4.79 Å². The zero-order valence-corrected chi connectivity index (χ0v) is 9.85. The molecule has 0 radical (unpaired) electrons. The fraction of sp³-hybridized carbons (Fsp3) is 0.444. The van der Waals surface area contributed by atoms with E-state index in [2.05, 4.69) is 20.6 Å². The van der Waals surface area contributed by atoms with Crippen molar-refractivity contribution in [1.82, 2.24) is 15.3 Å². The van der Waals surface area contributed by atoms with Gasteiger partial charge in [0.2, 0.25) is 11.2 Å². The molecule has 0 saturated carbocycles. The lowest BCUT2D eigenvalue weighted by Crippen LogP contribution is -2.32. The van der Waals surface area contributed by atoms with Gasteiger partial charge in [-0.25, -0.2) is 4.98 Å². The van der Waals surface area contributed by atoms with Gasteiger partial charge in [0.15, 0.2) is 0 Å². The average Bonchev–Trinajstić information content (AvgIpc) is 2.66. The molecule has 1 aromatic rings. The van der Waals surface area contributed by atoms with Crippen LogP contribution in [-0.2, 0) is 4.79 Å². The molecule has 0 bridgehead atoms. The summed E-state index contributed by atoms with van der Waals surface area (Å²) in [5.41, 5.74) is 0. The first kappa shape index (κ1) is 11.4. The Hall–Kier alpha value is -1.07. The largest absolute Gasteiger partial charge is 0.367 e. The summed E-state index contributed by atoms with van der Waals surface area (Å²) in [7, 11) is 0. The number of anilines is 1. The molecule has 1 atom stereocenters. The molecule has 1 aliphatic rings. The standard InChI is InChI=1S/C9H10Cl2N4O/c10-6-4-13-9(11)15-8(6)12-3-5-1-2-7(16)14-5/h4-5H,1-3H2,(H,14,16)(H,12,13,15). The van der Waals surface area contributed by atoms with Gasteiger partial charge in [0.05, 0.1) is 6.20 Å². The van der Waals surface area contributed by atoms with Crippen LogP contribution < -0.4 is 10.6 Å². The molecule has 0 aromatic carbocycles. The third-order valence-corrected chi connectivity index (χ3v) is 2.77. The first-order valence-corrected chi connectivity index (χ1v) is 5.62. The molecule has 2 N–H and O–H groups in total. The Bertz CT molecular complexity index is 412. The lowest BCUT2D eigenvalue weighted by molar-refractivity contribution is -0.119. The highest BCUT2D eigenvalue weighted by molar-refractivity contribution is 6.33. The van der Waals surface area contributed by atoms with Crippen LogP contribution in [0.4, 0.5) is 5.82 Å². The van der Waals surface area contributed by atoms with Gasteiger partial charge >= 0.3 is 0 Å². The van der Waals surface area contributed by atoms with Crippen LogP contribution in [0.15, 0.2) is 6.20 Å². The van der Waals surface area contributed by atoms with Crippen LogP contribution in [0.1, 0.15) is 12.8 Å². The van der Waals surface area contributed by atoms with Crippen molar-refractivity contribution in [3.05, 3.63) is 16.5 Å². The zero-order chi connectivity index (χ0) is 11.5. The number of carbonyl (C=O) groups is 1. The quantitative estimate of drug-likeness (QED) is 0.808. The summed E-state index contributed by atoms with van der Waals surface area (Å²) in [6.07, 6.45) is 2.83. The number of nitrogens with zero attached hydrogens (tertiary/aromatic N) is 2. The molecule has 86 valence electrons. The fourth-order valence-corrected chi connectivity index (χ4v) is 1.81. The number of amides is 1. The lowest BCUT2D eigenvalue weighted by Gasteiger charge is -2.12. The molecule has 1 aromatic heterocycles. The number of carbonyl (C=O) groups excluding carboxylic acids is 1. The molecule has 16 heavy (non-hydrogen) atoms. The second-order valence-electron chi connectivity index (χ2n) is 3.52. The Morgan fingerprint density at radius 2 is 2.38 bits per heavy atom. The molecular formula is C9H10Cl2N4O. The minimum atomic E-state index is 0.0821. The van der Waals surface area contributed by atoms with Gasteiger partial charge in [-0.1, -0.05) is 11.6 Å². The van der Waals surface area contributed by atoms with Gasteiger partial charge in [-0.3, -0.25) is 4.79 Å². The Balaban J connectivity index is 1.94. The van der Waals surface area contributed by atoms with E-state index in [1.165, 1.54) is 6.20 Å². The Labute approximate surface area is 103 Å². The van der Waals surface area contributed by atoms with Gasteiger partial charge in [-0.05, 0) is 18.0 Å². The van der Waals surface area contributed by atoms with Gasteiger partial charge in [0, 0.05) is 19.0 Å². The first-order chi connectivity index (χ1) is 7.65. The summed E-state index contributed by atoms with van der Waals surface area (Å²) in [6.45, 7) is 0.582. The predicted molar refractivity (Wildman–Crippen MR) is 61.7 cm³/mol. The van der Waals surface area contributed by atoms with Crippen molar-refractivity contribution in [2.75, 3.05) is 11.9 Å². The highest BCUT2D eigenvalue weighted by Crippen LogP contribution is 2.19. The molecule has 7 heteroatoms. The molecule has 0 spiro atoms. The van der Waals surface area contributed by atoms with E-state index in [9.17, 15) is 4.79 Å². The zero-order valence-electron chi connectivity index (χ0n) is 8.33. The topological polar surface area (TPSA) is 66.9 Å². The summed E-state index contributed by atoms with van der Waals surface area (Å²) >= 11 is 11.5. The number of hydrogen-bond acceptors (Lipinski definition) is 4. The van der Waals surface area contributed by atoms with Crippen LogP contribution in [0.5, 0.6) is 0 Å². The molecule has 2 rings (SSSR count). The van der Waals surface area contributed by atoms with E-state index in [4.69, 9.17) is 23.2 Å². The Morgan fingerprint density at radius 3 is 3.06 bits per heavy atom. The monoisotopic (exact) mass is 260 g/mol. The van der Waals surface area contributed by atoms with E-state index in [-0.39, 0.29) is 17.2 Å². The number of aromatic nitrogens is 2. The molecule has 1 aliphatic heterocycles. The van der Waals surface area contributed by atoms with Crippen molar-refractivity contribution in [3.8, 4) is 0 Å². The third-order valence-electron chi connectivity index (χ3n) is 2.32. The maximum Gasteiger partial charge on any atom is 0.224 e. The predicted octanol–water partition coefficient (Wildman–Crippen LogP) is 1.47. The maximum absolute atomic E-state index is 11.0. The maximum atomic E-state index is 11.0. The van der Waals surface area contributed by atoms with Crippen LogP contribution in [0.25, 0.3) is 0 Å². The lowest BCUT2D eigenvalue weighted by atomic mass is 10.2. The minimum absolute atomic E-state index is 0.0821. The second-order valence-corrected chi connectivity index (χ2v) is 4.26. The van der Waals surface area contributed by atoms with Crippen molar-refractivity contribution in [1.29, 1.82) is 0 Å². The summed E-state index contributed by atoms with van der Waals surface area (Å²) in [5, 5.41) is 6.42. The van der Waals surface area contributed by atoms with Crippen LogP contribution in [0.2, 0.25) is 10.3 Å². The molecule has 1 unspecified atom stereocenters. The van der Waals surface area contributed by atoms with E-state index in [1.54, 1.807) is 0 Å². The molecule has 1 amide bonds. The van der Waals surface area contributed by atoms with Gasteiger partial charge in [-0.2, -0.15) is 4.98 Å². The third kappa shape index (κ3) is 2.74. The molecule has 1 saturated heterocycles. The molecular weight excluding hydrogens is 251 g/mol. The molecule has 5 nitrogen and oxygen atoms in total. The molecule has 0 aliphatic carbocycles. The minimum Gasteiger partial charge on any atom is -0.367 e. The van der Waals surface area contributed by atoms with E-state index in [0.29, 0.717) is 23.8 Å². The number of halogens is 2. The number of rotatable bonds is 3. The van der Waals surface area contributed by atoms with E-state index in [0.717, 1.165) is 6.42 Å².